The van der Waals surface area contributed by atoms with E-state index in [1.54, 1.807) is 6.07 Å². The van der Waals surface area contributed by atoms with E-state index in [4.69, 9.17) is 9.47 Å². The second-order valence-electron chi connectivity index (χ2n) is 8.63. The van der Waals surface area contributed by atoms with Gasteiger partial charge in [0.2, 0.25) is 0 Å². The molecule has 0 saturated heterocycles. The van der Waals surface area contributed by atoms with E-state index < -0.39 is 12.3 Å². The molecule has 1 heterocycles. The molecular weight excluding hydrogens is 392 g/mol. The Kier molecular flexibility index (Phi) is 9.35. The molecule has 2 rings (SSSR count). The normalized spacial score (nSPS) is 15.7. The van der Waals surface area contributed by atoms with E-state index in [1.165, 1.54) is 18.1 Å². The Labute approximate surface area is 186 Å². The first-order valence-corrected chi connectivity index (χ1v) is 11.3. The molecule has 0 fully saturated rings. The predicted molar refractivity (Wildman–Crippen MR) is 123 cm³/mol. The highest BCUT2D eigenvalue weighted by atomic mass is 16.7. The van der Waals surface area contributed by atoms with Crippen LogP contribution in [-0.4, -0.2) is 23.1 Å². The maximum atomic E-state index is 12.8. The Hall–Kier alpha value is -2.56. The molecule has 0 bridgehead atoms. The molecule has 170 valence electrons. The van der Waals surface area contributed by atoms with E-state index in [1.807, 2.05) is 0 Å². The number of fused-ring (bicyclic) bond motifs is 1. The third kappa shape index (κ3) is 7.27. The summed E-state index contributed by atoms with van der Waals surface area (Å²) in [4.78, 5) is 24.4. The van der Waals surface area contributed by atoms with Crippen molar-refractivity contribution in [2.75, 3.05) is 0 Å². The number of rotatable bonds is 11. The quantitative estimate of drug-likeness (QED) is 0.257. The van der Waals surface area contributed by atoms with Gasteiger partial charge >= 0.3 is 5.97 Å². The van der Waals surface area contributed by atoms with Crippen molar-refractivity contribution < 1.29 is 24.2 Å². The van der Waals surface area contributed by atoms with E-state index >= 15 is 0 Å². The number of ketones is 1. The number of phenols is 1. The van der Waals surface area contributed by atoms with Crippen molar-refractivity contribution in [3.8, 4) is 11.5 Å². The van der Waals surface area contributed by atoms with Crippen LogP contribution in [0.2, 0.25) is 0 Å². The molecule has 1 N–H and O–H groups in total. The zero-order valence-corrected chi connectivity index (χ0v) is 19.5. The molecule has 0 saturated carbocycles. The van der Waals surface area contributed by atoms with Crippen molar-refractivity contribution in [3.63, 3.8) is 0 Å². The predicted octanol–water partition coefficient (Wildman–Crippen LogP) is 6.21. The molecule has 0 radical (unpaired) electrons. The summed E-state index contributed by atoms with van der Waals surface area (Å²) in [7, 11) is 0. The average Bonchev–Trinajstić information content (AvgIpc) is 2.66. The molecule has 0 aliphatic carbocycles. The molecule has 0 aromatic heterocycles. The van der Waals surface area contributed by atoms with Gasteiger partial charge in [-0.15, -0.1) is 0 Å². The minimum absolute atomic E-state index is 0.0109. The molecule has 5 heteroatoms. The highest BCUT2D eigenvalue weighted by molar-refractivity contribution is 5.96. The topological polar surface area (TPSA) is 72.8 Å². The molecule has 1 aliphatic rings. The lowest BCUT2D eigenvalue weighted by atomic mass is 9.94. The molecule has 5 nitrogen and oxygen atoms in total. The van der Waals surface area contributed by atoms with E-state index in [9.17, 15) is 14.7 Å². The number of hydrogen-bond acceptors (Lipinski definition) is 5. The number of phenolic OH excluding ortho intramolecular Hbond substituents is 1. The standard InChI is InChI=1S/C26H36O5/c1-6-7-8-12-20-16-22(28)21(14-13-18(4)11-9-10-17(2)3)25-24(20)26(29)31-23(30-25)15-19(5)27/h10,13,16,23,28H,6-9,11-12,14-15H2,1-5H3/b18-13+. The number of carbonyl (C=O) groups excluding carboxylic acids is 2. The van der Waals surface area contributed by atoms with Crippen molar-refractivity contribution >= 4 is 11.8 Å². The number of Topliss-reactive ketones (excluding diaryl/α,β-unsaturated/α-hetero) is 1. The summed E-state index contributed by atoms with van der Waals surface area (Å²) in [5.41, 5.74) is 4.19. The summed E-state index contributed by atoms with van der Waals surface area (Å²) in [6.45, 7) is 9.78. The third-order valence-electron chi connectivity index (χ3n) is 5.38. The van der Waals surface area contributed by atoms with Gasteiger partial charge in [-0.05, 0) is 71.4 Å². The van der Waals surface area contributed by atoms with Crippen LogP contribution < -0.4 is 4.74 Å². The first-order chi connectivity index (χ1) is 14.7. The number of hydrogen-bond donors (Lipinski definition) is 1. The van der Waals surface area contributed by atoms with E-state index in [0.717, 1.165) is 37.7 Å². The number of esters is 1. The molecule has 0 amide bonds. The number of cyclic esters (lactones) is 1. The second kappa shape index (κ2) is 11.7. The zero-order valence-electron chi connectivity index (χ0n) is 19.5. The lowest BCUT2D eigenvalue weighted by Crippen LogP contribution is -2.33. The van der Waals surface area contributed by atoms with Gasteiger partial charge in [0.25, 0.3) is 6.29 Å². The van der Waals surface area contributed by atoms with Crippen molar-refractivity contribution in [1.82, 2.24) is 0 Å². The SMILES string of the molecule is CCCCCc1cc(O)c(C/C=C(\C)CCC=C(C)C)c2c1C(=O)OC(CC(C)=O)O2. The minimum atomic E-state index is -0.954. The lowest BCUT2D eigenvalue weighted by Gasteiger charge is -2.29. The van der Waals surface area contributed by atoms with Crippen LogP contribution in [0.15, 0.2) is 29.4 Å². The van der Waals surface area contributed by atoms with Crippen LogP contribution in [0.5, 0.6) is 11.5 Å². The Morgan fingerprint density at radius 1 is 1.13 bits per heavy atom. The van der Waals surface area contributed by atoms with Crippen molar-refractivity contribution in [1.29, 1.82) is 0 Å². The maximum Gasteiger partial charge on any atom is 0.345 e. The number of allylic oxidation sites excluding steroid dienone is 4. The maximum absolute atomic E-state index is 12.8. The fraction of sp³-hybridized carbons (Fsp3) is 0.538. The van der Waals surface area contributed by atoms with Gasteiger partial charge in [0.05, 0.1) is 6.42 Å². The van der Waals surface area contributed by atoms with E-state index in [-0.39, 0.29) is 18.0 Å². The molecular formula is C26H36O5. The van der Waals surface area contributed by atoms with Crippen LogP contribution >= 0.6 is 0 Å². The van der Waals surface area contributed by atoms with Crippen LogP contribution in [-0.2, 0) is 22.4 Å². The monoisotopic (exact) mass is 428 g/mol. The summed E-state index contributed by atoms with van der Waals surface area (Å²) in [5.74, 6) is -0.122. The van der Waals surface area contributed by atoms with Gasteiger partial charge in [-0.25, -0.2) is 4.79 Å². The number of ether oxygens (including phenoxy) is 2. The summed E-state index contributed by atoms with van der Waals surface area (Å²) >= 11 is 0. The summed E-state index contributed by atoms with van der Waals surface area (Å²) < 4.78 is 11.3. The third-order valence-corrected chi connectivity index (χ3v) is 5.38. The van der Waals surface area contributed by atoms with Crippen molar-refractivity contribution in [3.05, 3.63) is 46.1 Å². The van der Waals surface area contributed by atoms with Gasteiger partial charge in [0.1, 0.15) is 22.8 Å². The van der Waals surface area contributed by atoms with Gasteiger partial charge in [-0.2, -0.15) is 0 Å². The largest absolute Gasteiger partial charge is 0.508 e. The molecule has 1 aliphatic heterocycles. The van der Waals surface area contributed by atoms with Gasteiger partial charge in [0, 0.05) is 5.56 Å². The van der Waals surface area contributed by atoms with Crippen LogP contribution in [0.3, 0.4) is 0 Å². The van der Waals surface area contributed by atoms with Gasteiger partial charge < -0.3 is 14.6 Å². The molecule has 31 heavy (non-hydrogen) atoms. The fourth-order valence-corrected chi connectivity index (χ4v) is 3.67. The first kappa shape index (κ1) is 24.7. The summed E-state index contributed by atoms with van der Waals surface area (Å²) in [6, 6.07) is 1.67. The highest BCUT2D eigenvalue weighted by Crippen LogP contribution is 2.40. The highest BCUT2D eigenvalue weighted by Gasteiger charge is 2.34. The molecule has 1 aromatic carbocycles. The molecule has 1 aromatic rings. The van der Waals surface area contributed by atoms with Crippen LogP contribution in [0, 0.1) is 0 Å². The second-order valence-corrected chi connectivity index (χ2v) is 8.63. The van der Waals surface area contributed by atoms with Gasteiger partial charge in [-0.1, -0.05) is 43.1 Å². The Morgan fingerprint density at radius 3 is 2.52 bits per heavy atom. The van der Waals surface area contributed by atoms with Crippen molar-refractivity contribution in [2.24, 2.45) is 0 Å². The van der Waals surface area contributed by atoms with Crippen LogP contribution in [0.1, 0.15) is 94.6 Å². The summed E-state index contributed by atoms with van der Waals surface area (Å²) in [5, 5.41) is 10.8. The Bertz CT molecular complexity index is 859. The number of aromatic hydroxyl groups is 1. The van der Waals surface area contributed by atoms with E-state index in [0.29, 0.717) is 29.7 Å². The smallest absolute Gasteiger partial charge is 0.345 e. The lowest BCUT2D eigenvalue weighted by molar-refractivity contribution is -0.125. The fourth-order valence-electron chi connectivity index (χ4n) is 3.67. The molecule has 1 atom stereocenters. The number of unbranched alkanes of at least 4 members (excludes halogenated alkanes) is 2. The van der Waals surface area contributed by atoms with Crippen LogP contribution in [0.25, 0.3) is 0 Å². The minimum Gasteiger partial charge on any atom is -0.508 e. The average molecular weight is 429 g/mol. The first-order valence-electron chi connectivity index (χ1n) is 11.3. The number of benzene rings is 1. The Morgan fingerprint density at radius 2 is 1.87 bits per heavy atom. The number of aryl methyl sites for hydroxylation is 1. The Balaban J connectivity index is 2.37. The summed E-state index contributed by atoms with van der Waals surface area (Å²) in [6.07, 6.45) is 9.32. The van der Waals surface area contributed by atoms with Crippen LogP contribution in [0.4, 0.5) is 0 Å². The van der Waals surface area contributed by atoms with Crippen molar-refractivity contribution in [2.45, 2.75) is 92.3 Å². The van der Waals surface area contributed by atoms with Gasteiger partial charge in [-0.3, -0.25) is 4.79 Å². The number of carbonyl (C=O) groups is 2. The van der Waals surface area contributed by atoms with Gasteiger partial charge in [0.15, 0.2) is 0 Å². The molecule has 0 spiro atoms. The zero-order chi connectivity index (χ0) is 23.0. The van der Waals surface area contributed by atoms with E-state index in [2.05, 4.69) is 39.8 Å². The molecule has 1 unspecified atom stereocenters.